The molecule has 0 fully saturated rings. The first-order valence-electron chi connectivity index (χ1n) is 5.45. The zero-order valence-corrected chi connectivity index (χ0v) is 10.4. The Morgan fingerprint density at radius 3 is 2.36 bits per heavy atom. The molecule has 0 saturated heterocycles. The number of hydrogen-bond donors (Lipinski definition) is 1. The van der Waals surface area contributed by atoms with E-state index in [1.165, 1.54) is 0 Å². The molecule has 0 saturated carbocycles. The molecule has 0 amide bonds. The van der Waals surface area contributed by atoms with E-state index in [-0.39, 0.29) is 11.8 Å². The van der Waals surface area contributed by atoms with Crippen molar-refractivity contribution in [3.05, 3.63) is 0 Å². The van der Waals surface area contributed by atoms with Crippen LogP contribution in [0.25, 0.3) is 0 Å². The molecule has 4 heteroatoms. The highest BCUT2D eigenvalue weighted by Gasteiger charge is 2.14. The van der Waals surface area contributed by atoms with Gasteiger partial charge in [0.1, 0.15) is 0 Å². The standard InChI is InChI=1S/C10H23NO2S/c1-4-6-8-14(12,13)9-10(3)11-7-5-2/h10-11H,4-9H2,1-3H3. The fraction of sp³-hybridized carbons (Fsp3) is 1.00. The summed E-state index contributed by atoms with van der Waals surface area (Å²) in [6.07, 6.45) is 2.76. The Balaban J connectivity index is 3.83. The molecule has 0 aliphatic carbocycles. The number of nitrogens with one attached hydrogen (secondary N) is 1. The Morgan fingerprint density at radius 1 is 1.21 bits per heavy atom. The molecule has 1 N–H and O–H groups in total. The van der Waals surface area contributed by atoms with Gasteiger partial charge in [-0.3, -0.25) is 0 Å². The van der Waals surface area contributed by atoms with E-state index in [0.717, 1.165) is 25.8 Å². The molecule has 1 atom stereocenters. The monoisotopic (exact) mass is 221 g/mol. The van der Waals surface area contributed by atoms with Crippen LogP contribution in [0.4, 0.5) is 0 Å². The average Bonchev–Trinajstić information content (AvgIpc) is 2.11. The highest BCUT2D eigenvalue weighted by atomic mass is 32.2. The summed E-state index contributed by atoms with van der Waals surface area (Å²) >= 11 is 0. The number of sulfone groups is 1. The van der Waals surface area contributed by atoms with Crippen LogP contribution in [0.15, 0.2) is 0 Å². The smallest absolute Gasteiger partial charge is 0.151 e. The van der Waals surface area contributed by atoms with Gasteiger partial charge < -0.3 is 5.32 Å². The summed E-state index contributed by atoms with van der Waals surface area (Å²) < 4.78 is 23.0. The van der Waals surface area contributed by atoms with Crippen molar-refractivity contribution in [3.63, 3.8) is 0 Å². The van der Waals surface area contributed by atoms with Gasteiger partial charge in [-0.2, -0.15) is 0 Å². The molecule has 0 rings (SSSR count). The van der Waals surface area contributed by atoms with Crippen LogP contribution >= 0.6 is 0 Å². The van der Waals surface area contributed by atoms with Crippen LogP contribution in [0.2, 0.25) is 0 Å². The van der Waals surface area contributed by atoms with Crippen molar-refractivity contribution in [2.75, 3.05) is 18.1 Å². The van der Waals surface area contributed by atoms with Crippen LogP contribution in [-0.2, 0) is 9.84 Å². The Kier molecular flexibility index (Phi) is 7.19. The maximum Gasteiger partial charge on any atom is 0.151 e. The largest absolute Gasteiger partial charge is 0.313 e. The SMILES string of the molecule is CCCCS(=O)(=O)CC(C)NCCC. The van der Waals surface area contributed by atoms with Gasteiger partial charge in [-0.15, -0.1) is 0 Å². The van der Waals surface area contributed by atoms with E-state index >= 15 is 0 Å². The molecule has 0 aromatic heterocycles. The van der Waals surface area contributed by atoms with Gasteiger partial charge in [0.25, 0.3) is 0 Å². The first-order chi connectivity index (χ1) is 6.52. The highest BCUT2D eigenvalue weighted by Crippen LogP contribution is 1.99. The number of hydrogen-bond acceptors (Lipinski definition) is 3. The molecular weight excluding hydrogens is 198 g/mol. The van der Waals surface area contributed by atoms with Gasteiger partial charge in [-0.25, -0.2) is 8.42 Å². The normalized spacial score (nSPS) is 14.2. The zero-order valence-electron chi connectivity index (χ0n) is 9.54. The van der Waals surface area contributed by atoms with Gasteiger partial charge in [-0.1, -0.05) is 20.3 Å². The number of rotatable bonds is 8. The van der Waals surface area contributed by atoms with Crippen molar-refractivity contribution in [1.29, 1.82) is 0 Å². The highest BCUT2D eigenvalue weighted by molar-refractivity contribution is 7.91. The Morgan fingerprint density at radius 2 is 1.86 bits per heavy atom. The summed E-state index contributed by atoms with van der Waals surface area (Å²) in [5.74, 6) is 0.606. The van der Waals surface area contributed by atoms with Crippen molar-refractivity contribution < 1.29 is 8.42 Å². The van der Waals surface area contributed by atoms with Crippen LogP contribution in [-0.4, -0.2) is 32.5 Å². The minimum Gasteiger partial charge on any atom is -0.313 e. The van der Waals surface area contributed by atoms with Crippen LogP contribution in [0.5, 0.6) is 0 Å². The third-order valence-corrected chi connectivity index (χ3v) is 3.97. The second kappa shape index (κ2) is 7.23. The third-order valence-electron chi connectivity index (χ3n) is 2.06. The molecule has 86 valence electrons. The fourth-order valence-corrected chi connectivity index (χ4v) is 3.05. The van der Waals surface area contributed by atoms with E-state index < -0.39 is 9.84 Å². The minimum absolute atomic E-state index is 0.0804. The lowest BCUT2D eigenvalue weighted by atomic mass is 10.3. The molecule has 0 bridgehead atoms. The lowest BCUT2D eigenvalue weighted by Crippen LogP contribution is -2.34. The summed E-state index contributed by atoms with van der Waals surface area (Å²) in [6.45, 7) is 6.91. The summed E-state index contributed by atoms with van der Waals surface area (Å²) in [5, 5.41) is 3.19. The summed E-state index contributed by atoms with van der Waals surface area (Å²) in [5.41, 5.74) is 0. The lowest BCUT2D eigenvalue weighted by Gasteiger charge is -2.13. The maximum atomic E-state index is 11.5. The molecule has 1 unspecified atom stereocenters. The summed E-state index contributed by atoms with van der Waals surface area (Å²) in [7, 11) is -2.84. The second-order valence-corrected chi connectivity index (χ2v) is 6.05. The topological polar surface area (TPSA) is 46.2 Å². The molecular formula is C10H23NO2S. The van der Waals surface area contributed by atoms with E-state index in [9.17, 15) is 8.42 Å². The molecule has 0 aliphatic rings. The zero-order chi connectivity index (χ0) is 11.0. The van der Waals surface area contributed by atoms with E-state index in [2.05, 4.69) is 12.2 Å². The van der Waals surface area contributed by atoms with Crippen LogP contribution < -0.4 is 5.32 Å². The maximum absolute atomic E-state index is 11.5. The van der Waals surface area contributed by atoms with Crippen LogP contribution in [0.1, 0.15) is 40.0 Å². The van der Waals surface area contributed by atoms with Gasteiger partial charge in [0.15, 0.2) is 9.84 Å². The quantitative estimate of drug-likeness (QED) is 0.677. The Labute approximate surface area is 88.2 Å². The molecule has 14 heavy (non-hydrogen) atoms. The second-order valence-electron chi connectivity index (χ2n) is 3.82. The molecule has 0 spiro atoms. The van der Waals surface area contributed by atoms with Crippen molar-refractivity contribution in [2.45, 2.75) is 46.1 Å². The predicted octanol–water partition coefficient (Wildman–Crippen LogP) is 1.59. The molecule has 0 aliphatic heterocycles. The first kappa shape index (κ1) is 13.9. The van der Waals surface area contributed by atoms with Gasteiger partial charge >= 0.3 is 0 Å². The van der Waals surface area contributed by atoms with Gasteiger partial charge in [0.05, 0.1) is 11.5 Å². The van der Waals surface area contributed by atoms with Crippen molar-refractivity contribution in [3.8, 4) is 0 Å². The molecule has 0 radical (unpaired) electrons. The minimum atomic E-state index is -2.84. The number of unbranched alkanes of at least 4 members (excludes halogenated alkanes) is 1. The van der Waals surface area contributed by atoms with Crippen LogP contribution in [0, 0.1) is 0 Å². The molecule has 0 aromatic carbocycles. The first-order valence-corrected chi connectivity index (χ1v) is 7.27. The lowest BCUT2D eigenvalue weighted by molar-refractivity contribution is 0.553. The van der Waals surface area contributed by atoms with E-state index in [0.29, 0.717) is 5.75 Å². The Hall–Kier alpha value is -0.0900. The third kappa shape index (κ3) is 7.33. The van der Waals surface area contributed by atoms with Crippen molar-refractivity contribution in [1.82, 2.24) is 5.32 Å². The summed E-state index contributed by atoms with van der Waals surface area (Å²) in [6, 6.07) is 0.0804. The summed E-state index contributed by atoms with van der Waals surface area (Å²) in [4.78, 5) is 0. The molecule has 3 nitrogen and oxygen atoms in total. The van der Waals surface area contributed by atoms with E-state index in [1.54, 1.807) is 0 Å². The fourth-order valence-electron chi connectivity index (χ4n) is 1.28. The molecule has 0 aromatic rings. The van der Waals surface area contributed by atoms with Gasteiger partial charge in [0.2, 0.25) is 0 Å². The average molecular weight is 221 g/mol. The van der Waals surface area contributed by atoms with E-state index in [1.807, 2.05) is 13.8 Å². The van der Waals surface area contributed by atoms with Gasteiger partial charge in [0, 0.05) is 6.04 Å². The predicted molar refractivity (Wildman–Crippen MR) is 61.3 cm³/mol. The van der Waals surface area contributed by atoms with E-state index in [4.69, 9.17) is 0 Å². The van der Waals surface area contributed by atoms with Crippen LogP contribution in [0.3, 0.4) is 0 Å². The Bertz CT molecular complexity index is 224. The van der Waals surface area contributed by atoms with Crippen molar-refractivity contribution in [2.24, 2.45) is 0 Å². The van der Waals surface area contributed by atoms with Crippen molar-refractivity contribution >= 4 is 9.84 Å². The van der Waals surface area contributed by atoms with Gasteiger partial charge in [-0.05, 0) is 26.3 Å². The molecule has 0 heterocycles.